The molecule has 11 heteroatoms. The fourth-order valence-electron chi connectivity index (χ4n) is 5.44. The molecule has 2 aromatic heterocycles. The number of aromatic nitrogens is 3. The third kappa shape index (κ3) is 4.38. The van der Waals surface area contributed by atoms with Gasteiger partial charge in [-0.25, -0.2) is 18.7 Å². The van der Waals surface area contributed by atoms with Crippen LogP contribution in [0.3, 0.4) is 0 Å². The minimum absolute atomic E-state index is 0.148. The van der Waals surface area contributed by atoms with E-state index in [0.717, 1.165) is 25.7 Å². The highest BCUT2D eigenvalue weighted by molar-refractivity contribution is 6.09. The Hall–Kier alpha value is -3.60. The van der Waals surface area contributed by atoms with Gasteiger partial charge in [-0.2, -0.15) is 0 Å². The molecule has 1 aromatic carbocycles. The molecule has 1 aliphatic heterocycles. The van der Waals surface area contributed by atoms with E-state index in [-0.39, 0.29) is 28.8 Å². The number of nitrogens with zero attached hydrogens (tertiary/aromatic N) is 3. The van der Waals surface area contributed by atoms with Crippen LogP contribution in [0.15, 0.2) is 24.5 Å². The summed E-state index contributed by atoms with van der Waals surface area (Å²) < 4.78 is 33.2. The number of H-pyrrole nitrogens is 1. The lowest BCUT2D eigenvalue weighted by Gasteiger charge is -2.18. The second-order valence-corrected chi connectivity index (χ2v) is 10.7. The largest absolute Gasteiger partial charge is 0.493 e. The molecule has 1 atom stereocenters. The predicted octanol–water partition coefficient (Wildman–Crippen LogP) is 3.37. The van der Waals surface area contributed by atoms with Gasteiger partial charge in [0.15, 0.2) is 0 Å². The van der Waals surface area contributed by atoms with Crippen LogP contribution < -0.4 is 10.1 Å². The number of aliphatic hydroxyl groups is 1. The minimum Gasteiger partial charge on any atom is -0.493 e. The topological polar surface area (TPSA) is 120 Å². The first-order chi connectivity index (χ1) is 18.3. The maximum atomic E-state index is 13.6. The molecule has 3 fully saturated rings. The standard InChI is InChI=1S/C27H29F2N5O4/c1-14-21(26(37)33-19-9-34(20(36)10-35)12-27(19)6-7-27)23-24(32-14)22(30-13-31-23)17-8-16(25(28)29)4-5-18(17)38-11-15-2-3-15/h4-5,8,13,15,19,25,32,35H,2-3,6-7,9-12H2,1H3,(H,33,37). The highest BCUT2D eigenvalue weighted by Gasteiger charge is 2.56. The summed E-state index contributed by atoms with van der Waals surface area (Å²) in [5.74, 6) is 0.244. The smallest absolute Gasteiger partial charge is 0.263 e. The number of aryl methyl sites for hydroxylation is 1. The molecule has 1 spiro atoms. The Balaban J connectivity index is 1.34. The van der Waals surface area contributed by atoms with Crippen molar-refractivity contribution >= 4 is 22.8 Å². The Kier molecular flexibility index (Phi) is 6.05. The summed E-state index contributed by atoms with van der Waals surface area (Å²) in [5, 5.41) is 12.4. The lowest BCUT2D eigenvalue weighted by atomic mass is 10.00. The molecular formula is C27H29F2N5O4. The summed E-state index contributed by atoms with van der Waals surface area (Å²) in [6.45, 7) is 2.56. The van der Waals surface area contributed by atoms with Crippen molar-refractivity contribution in [2.24, 2.45) is 11.3 Å². The Bertz CT molecular complexity index is 1420. The maximum Gasteiger partial charge on any atom is 0.263 e. The number of aromatic amines is 1. The summed E-state index contributed by atoms with van der Waals surface area (Å²) in [5.41, 5.74) is 2.23. The molecule has 1 saturated heterocycles. The van der Waals surface area contributed by atoms with E-state index in [2.05, 4.69) is 20.3 Å². The van der Waals surface area contributed by atoms with Gasteiger partial charge in [-0.1, -0.05) is 0 Å². The molecule has 3 aromatic rings. The quantitative estimate of drug-likeness (QED) is 0.415. The highest BCUT2D eigenvalue weighted by atomic mass is 19.3. The van der Waals surface area contributed by atoms with Crippen molar-refractivity contribution in [3.05, 3.63) is 41.3 Å². The van der Waals surface area contributed by atoms with E-state index in [1.54, 1.807) is 17.9 Å². The van der Waals surface area contributed by atoms with Gasteiger partial charge >= 0.3 is 0 Å². The number of hydrogen-bond donors (Lipinski definition) is 3. The number of halogens is 2. The predicted molar refractivity (Wildman–Crippen MR) is 134 cm³/mol. The van der Waals surface area contributed by atoms with Crippen LogP contribution in [-0.2, 0) is 4.79 Å². The van der Waals surface area contributed by atoms with E-state index in [1.165, 1.54) is 18.5 Å². The fraction of sp³-hybridized carbons (Fsp3) is 0.481. The van der Waals surface area contributed by atoms with Gasteiger partial charge in [0.2, 0.25) is 5.91 Å². The van der Waals surface area contributed by atoms with E-state index in [1.807, 2.05) is 0 Å². The average molecular weight is 526 g/mol. The number of hydrogen-bond acceptors (Lipinski definition) is 6. The van der Waals surface area contributed by atoms with Gasteiger partial charge in [0.1, 0.15) is 29.9 Å². The monoisotopic (exact) mass is 525 g/mol. The molecule has 1 unspecified atom stereocenters. The van der Waals surface area contributed by atoms with E-state index in [9.17, 15) is 23.5 Å². The van der Waals surface area contributed by atoms with Gasteiger partial charge in [0.05, 0.1) is 23.7 Å². The van der Waals surface area contributed by atoms with Crippen molar-refractivity contribution in [2.75, 3.05) is 26.3 Å². The zero-order valence-electron chi connectivity index (χ0n) is 21.0. The number of benzene rings is 1. The summed E-state index contributed by atoms with van der Waals surface area (Å²) in [4.78, 5) is 39.2. The van der Waals surface area contributed by atoms with Gasteiger partial charge in [-0.3, -0.25) is 9.59 Å². The van der Waals surface area contributed by atoms with Gasteiger partial charge < -0.3 is 25.0 Å². The molecule has 2 aliphatic carbocycles. The number of alkyl halides is 2. The number of amides is 2. The van der Waals surface area contributed by atoms with E-state index in [0.29, 0.717) is 64.9 Å². The first-order valence-electron chi connectivity index (χ1n) is 12.9. The lowest BCUT2D eigenvalue weighted by Crippen LogP contribution is -2.42. The van der Waals surface area contributed by atoms with Crippen LogP contribution >= 0.6 is 0 Å². The molecule has 38 heavy (non-hydrogen) atoms. The first-order valence-corrected chi connectivity index (χ1v) is 12.9. The molecule has 3 aliphatic rings. The summed E-state index contributed by atoms with van der Waals surface area (Å²) in [6, 6.07) is 4.05. The van der Waals surface area contributed by atoms with Gasteiger partial charge in [0.25, 0.3) is 12.3 Å². The van der Waals surface area contributed by atoms with Crippen LogP contribution in [0.1, 0.15) is 53.7 Å². The van der Waals surface area contributed by atoms with Crippen LogP contribution in [0.4, 0.5) is 8.78 Å². The second-order valence-electron chi connectivity index (χ2n) is 10.7. The third-order valence-corrected chi connectivity index (χ3v) is 8.01. The molecule has 0 bridgehead atoms. The normalized spacial score (nSPS) is 19.9. The molecule has 0 radical (unpaired) electrons. The number of rotatable bonds is 8. The second kappa shape index (κ2) is 9.30. The zero-order chi connectivity index (χ0) is 26.6. The third-order valence-electron chi connectivity index (χ3n) is 8.01. The van der Waals surface area contributed by atoms with Crippen LogP contribution in [0.5, 0.6) is 5.75 Å². The number of ether oxygens (including phenoxy) is 1. The molecule has 200 valence electrons. The van der Waals surface area contributed by atoms with E-state index >= 15 is 0 Å². The molecule has 9 nitrogen and oxygen atoms in total. The number of carbonyl (C=O) groups excluding carboxylic acids is 2. The summed E-state index contributed by atoms with van der Waals surface area (Å²) in [7, 11) is 0. The van der Waals surface area contributed by atoms with Crippen molar-refractivity contribution in [3.63, 3.8) is 0 Å². The number of fused-ring (bicyclic) bond motifs is 1. The summed E-state index contributed by atoms with van der Waals surface area (Å²) in [6.07, 6.45) is 2.64. The Labute approximate surface area is 217 Å². The first kappa shape index (κ1) is 24.7. The minimum atomic E-state index is -2.66. The summed E-state index contributed by atoms with van der Waals surface area (Å²) >= 11 is 0. The fourth-order valence-corrected chi connectivity index (χ4v) is 5.44. The number of carbonyl (C=O) groups is 2. The van der Waals surface area contributed by atoms with E-state index < -0.39 is 13.0 Å². The van der Waals surface area contributed by atoms with Crippen LogP contribution in [-0.4, -0.2) is 69.1 Å². The SMILES string of the molecule is Cc1[nH]c2c(-c3cc(C(F)F)ccc3OCC3CC3)ncnc2c1C(=O)NC1CN(C(=O)CO)CC12CC2. The van der Waals surface area contributed by atoms with Crippen LogP contribution in [0.2, 0.25) is 0 Å². The molecular weight excluding hydrogens is 496 g/mol. The van der Waals surface area contributed by atoms with E-state index in [4.69, 9.17) is 4.74 Å². The Morgan fingerprint density at radius 1 is 1.29 bits per heavy atom. The van der Waals surface area contributed by atoms with Crippen molar-refractivity contribution < 1.29 is 28.2 Å². The number of likely N-dealkylation sites (tertiary alicyclic amines) is 1. The van der Waals surface area contributed by atoms with Crippen molar-refractivity contribution in [3.8, 4) is 17.0 Å². The molecule has 2 saturated carbocycles. The Morgan fingerprint density at radius 2 is 2.08 bits per heavy atom. The molecule has 3 N–H and O–H groups in total. The number of aliphatic hydroxyl groups excluding tert-OH is 1. The van der Waals surface area contributed by atoms with Crippen LogP contribution in [0.25, 0.3) is 22.3 Å². The molecule has 3 heterocycles. The zero-order valence-corrected chi connectivity index (χ0v) is 21.0. The maximum absolute atomic E-state index is 13.6. The van der Waals surface area contributed by atoms with Crippen molar-refractivity contribution in [1.29, 1.82) is 0 Å². The van der Waals surface area contributed by atoms with Crippen LogP contribution in [0, 0.1) is 18.3 Å². The Morgan fingerprint density at radius 3 is 2.76 bits per heavy atom. The highest BCUT2D eigenvalue weighted by Crippen LogP contribution is 2.53. The average Bonchev–Trinajstić information content (AvgIpc) is 3.81. The lowest BCUT2D eigenvalue weighted by molar-refractivity contribution is -0.133. The van der Waals surface area contributed by atoms with Gasteiger partial charge in [-0.05, 0) is 56.7 Å². The van der Waals surface area contributed by atoms with Gasteiger partial charge in [-0.15, -0.1) is 0 Å². The van der Waals surface area contributed by atoms with Crippen molar-refractivity contribution in [1.82, 2.24) is 25.2 Å². The molecule has 2 amide bonds. The van der Waals surface area contributed by atoms with Gasteiger partial charge in [0, 0.05) is 35.3 Å². The number of nitrogens with one attached hydrogen (secondary N) is 2. The molecule has 6 rings (SSSR count). The van der Waals surface area contributed by atoms with Crippen molar-refractivity contribution in [2.45, 2.75) is 45.1 Å².